The molecule has 2 atom stereocenters. The maximum absolute atomic E-state index is 13.0. The number of amides is 3. The number of benzene rings is 2. The van der Waals surface area contributed by atoms with Gasteiger partial charge in [-0.25, -0.2) is 0 Å². The molecule has 2 aliphatic heterocycles. The average Bonchev–Trinajstić information content (AvgIpc) is 3.29. The minimum atomic E-state index is -0.233. The molecule has 0 aliphatic carbocycles. The van der Waals surface area contributed by atoms with Gasteiger partial charge in [0.25, 0.3) is 11.8 Å². The minimum absolute atomic E-state index is 0.0300. The van der Waals surface area contributed by atoms with Crippen LogP contribution >= 0.6 is 11.8 Å². The highest BCUT2D eigenvalue weighted by Crippen LogP contribution is 2.31. The van der Waals surface area contributed by atoms with Crippen molar-refractivity contribution < 1.29 is 19.1 Å². The molecule has 34 heavy (non-hydrogen) atoms. The summed E-state index contributed by atoms with van der Waals surface area (Å²) in [6.07, 6.45) is 2.06. The molecule has 5 rings (SSSR count). The van der Waals surface area contributed by atoms with E-state index in [1.807, 2.05) is 53.8 Å². The van der Waals surface area contributed by atoms with E-state index in [4.69, 9.17) is 4.74 Å². The van der Waals surface area contributed by atoms with Crippen molar-refractivity contribution in [3.63, 3.8) is 0 Å². The van der Waals surface area contributed by atoms with E-state index in [0.29, 0.717) is 36.5 Å². The van der Waals surface area contributed by atoms with Gasteiger partial charge in [-0.15, -0.1) is 11.8 Å². The molecule has 3 aromatic rings. The number of carbonyl (C=O) groups is 3. The van der Waals surface area contributed by atoms with Gasteiger partial charge in [-0.05, 0) is 32.0 Å². The number of fused-ring (bicyclic) bond motifs is 2. The van der Waals surface area contributed by atoms with Gasteiger partial charge < -0.3 is 14.2 Å². The zero-order valence-electron chi connectivity index (χ0n) is 19.3. The molecule has 1 fully saturated rings. The van der Waals surface area contributed by atoms with Gasteiger partial charge in [0.1, 0.15) is 6.54 Å². The lowest BCUT2D eigenvalue weighted by Crippen LogP contribution is -2.49. The first-order chi connectivity index (χ1) is 16.4. The number of nitrogens with zero attached hydrogens (tertiary/aromatic N) is 3. The van der Waals surface area contributed by atoms with Crippen LogP contribution in [0.5, 0.6) is 0 Å². The monoisotopic (exact) mass is 477 g/mol. The standard InChI is InChI=1S/C26H27N3O4S/c1-17-13-28(14-18(2)33-17)24(30)16-27-15-23(21-9-5-6-10-22(21)27)34-12-11-29-25(31)19-7-3-4-8-20(19)26(29)32/h3-10,15,17-18H,11-14,16H2,1-2H3. The van der Waals surface area contributed by atoms with Gasteiger partial charge in [-0.2, -0.15) is 0 Å². The number of rotatable bonds is 6. The fraction of sp³-hybridized carbons (Fsp3) is 0.346. The van der Waals surface area contributed by atoms with Crippen molar-refractivity contribution in [1.29, 1.82) is 0 Å². The highest BCUT2D eigenvalue weighted by molar-refractivity contribution is 7.99. The third-order valence-electron chi connectivity index (χ3n) is 6.28. The molecule has 0 saturated carbocycles. The summed E-state index contributed by atoms with van der Waals surface area (Å²) in [5.41, 5.74) is 1.94. The Balaban J connectivity index is 1.28. The topological polar surface area (TPSA) is 71.9 Å². The number of hydrogen-bond donors (Lipinski definition) is 0. The van der Waals surface area contributed by atoms with Gasteiger partial charge >= 0.3 is 0 Å². The van der Waals surface area contributed by atoms with Gasteiger partial charge in [0.05, 0.1) is 23.3 Å². The van der Waals surface area contributed by atoms with Crippen LogP contribution in [0.3, 0.4) is 0 Å². The lowest BCUT2D eigenvalue weighted by molar-refractivity contribution is -0.143. The summed E-state index contributed by atoms with van der Waals surface area (Å²) in [6, 6.07) is 14.9. The molecule has 7 nitrogen and oxygen atoms in total. The minimum Gasteiger partial charge on any atom is -0.372 e. The quantitative estimate of drug-likeness (QED) is 0.400. The number of para-hydroxylation sites is 1. The van der Waals surface area contributed by atoms with E-state index in [9.17, 15) is 14.4 Å². The Bertz CT molecular complexity index is 1220. The zero-order chi connectivity index (χ0) is 23.8. The van der Waals surface area contributed by atoms with Gasteiger partial charge in [0.15, 0.2) is 0 Å². The molecule has 0 bridgehead atoms. The summed E-state index contributed by atoms with van der Waals surface area (Å²) in [4.78, 5) is 42.5. The first-order valence-corrected chi connectivity index (χ1v) is 12.5. The summed E-state index contributed by atoms with van der Waals surface area (Å²) >= 11 is 1.59. The van der Waals surface area contributed by atoms with Crippen molar-refractivity contribution in [2.45, 2.75) is 37.5 Å². The lowest BCUT2D eigenvalue weighted by Gasteiger charge is -2.35. The van der Waals surface area contributed by atoms with E-state index in [0.717, 1.165) is 15.8 Å². The Morgan fingerprint density at radius 1 is 0.971 bits per heavy atom. The normalized spacial score (nSPS) is 20.3. The molecule has 0 N–H and O–H groups in total. The van der Waals surface area contributed by atoms with Gasteiger partial charge in [0.2, 0.25) is 5.91 Å². The Labute approximate surface area is 202 Å². The van der Waals surface area contributed by atoms with E-state index < -0.39 is 0 Å². The van der Waals surface area contributed by atoms with E-state index in [1.54, 1.807) is 36.0 Å². The first kappa shape index (κ1) is 22.7. The van der Waals surface area contributed by atoms with Crippen LogP contribution in [0.25, 0.3) is 10.9 Å². The summed E-state index contributed by atoms with van der Waals surface area (Å²) in [5, 5.41) is 1.06. The molecule has 1 saturated heterocycles. The van der Waals surface area contributed by atoms with Crippen LogP contribution in [-0.4, -0.2) is 69.7 Å². The van der Waals surface area contributed by atoms with Crippen LogP contribution in [0.4, 0.5) is 0 Å². The van der Waals surface area contributed by atoms with Crippen LogP contribution < -0.4 is 0 Å². The Morgan fingerprint density at radius 3 is 2.26 bits per heavy atom. The van der Waals surface area contributed by atoms with Crippen molar-refractivity contribution in [2.24, 2.45) is 0 Å². The van der Waals surface area contributed by atoms with Crippen LogP contribution in [0.1, 0.15) is 34.6 Å². The van der Waals surface area contributed by atoms with E-state index in [-0.39, 0.29) is 36.5 Å². The van der Waals surface area contributed by atoms with E-state index in [2.05, 4.69) is 0 Å². The molecule has 176 valence electrons. The molecule has 2 aliphatic rings. The van der Waals surface area contributed by atoms with Gasteiger partial charge in [0, 0.05) is 47.4 Å². The molecular weight excluding hydrogens is 450 g/mol. The third kappa shape index (κ3) is 4.23. The fourth-order valence-electron chi connectivity index (χ4n) is 4.78. The molecule has 8 heteroatoms. The summed E-state index contributed by atoms with van der Waals surface area (Å²) < 4.78 is 7.75. The Kier molecular flexibility index (Phi) is 6.18. The molecule has 3 heterocycles. The molecule has 2 unspecified atom stereocenters. The van der Waals surface area contributed by atoms with Crippen molar-refractivity contribution in [3.8, 4) is 0 Å². The predicted octanol–water partition coefficient (Wildman–Crippen LogP) is 3.67. The van der Waals surface area contributed by atoms with E-state index in [1.165, 1.54) is 4.90 Å². The van der Waals surface area contributed by atoms with Crippen molar-refractivity contribution in [2.75, 3.05) is 25.4 Å². The number of carbonyl (C=O) groups excluding carboxylic acids is 3. The fourth-order valence-corrected chi connectivity index (χ4v) is 5.80. The second-order valence-corrected chi connectivity index (χ2v) is 9.99. The summed E-state index contributed by atoms with van der Waals surface area (Å²) in [6.45, 7) is 5.78. The molecule has 1 aromatic heterocycles. The molecule has 0 radical (unpaired) electrons. The van der Waals surface area contributed by atoms with Crippen LogP contribution in [0, 0.1) is 0 Å². The van der Waals surface area contributed by atoms with Crippen LogP contribution in [0.2, 0.25) is 0 Å². The molecular formula is C26H27N3O4S. The second kappa shape index (κ2) is 9.27. The summed E-state index contributed by atoms with van der Waals surface area (Å²) in [5.74, 6) is 0.183. The predicted molar refractivity (Wildman–Crippen MR) is 131 cm³/mol. The number of thioether (sulfide) groups is 1. The molecule has 0 spiro atoms. The van der Waals surface area contributed by atoms with Crippen molar-refractivity contribution in [3.05, 3.63) is 65.9 Å². The van der Waals surface area contributed by atoms with Crippen LogP contribution in [0.15, 0.2) is 59.6 Å². The Hall–Kier alpha value is -3.10. The largest absolute Gasteiger partial charge is 0.372 e. The average molecular weight is 478 g/mol. The van der Waals surface area contributed by atoms with Crippen molar-refractivity contribution in [1.82, 2.24) is 14.4 Å². The first-order valence-electron chi connectivity index (χ1n) is 11.5. The highest BCUT2D eigenvalue weighted by atomic mass is 32.2. The number of aromatic nitrogens is 1. The van der Waals surface area contributed by atoms with Gasteiger partial charge in [-0.1, -0.05) is 30.3 Å². The summed E-state index contributed by atoms with van der Waals surface area (Å²) in [7, 11) is 0. The highest BCUT2D eigenvalue weighted by Gasteiger charge is 2.34. The molecule has 3 amide bonds. The van der Waals surface area contributed by atoms with Gasteiger partial charge in [-0.3, -0.25) is 19.3 Å². The maximum atomic E-state index is 13.0. The van der Waals surface area contributed by atoms with E-state index >= 15 is 0 Å². The number of imide groups is 1. The third-order valence-corrected chi connectivity index (χ3v) is 7.30. The number of morpholine rings is 1. The lowest BCUT2D eigenvalue weighted by atomic mass is 10.1. The Morgan fingerprint density at radius 2 is 1.59 bits per heavy atom. The van der Waals surface area contributed by atoms with Crippen molar-refractivity contribution >= 4 is 40.4 Å². The smallest absolute Gasteiger partial charge is 0.261 e. The maximum Gasteiger partial charge on any atom is 0.261 e. The number of hydrogen-bond acceptors (Lipinski definition) is 5. The number of ether oxygens (including phenoxy) is 1. The second-order valence-electron chi connectivity index (χ2n) is 8.85. The SMILES string of the molecule is CC1CN(C(=O)Cn2cc(SCCN3C(=O)c4ccccc4C3=O)c3ccccc32)CC(C)O1. The molecule has 2 aromatic carbocycles. The zero-order valence-corrected chi connectivity index (χ0v) is 20.1. The van der Waals surface area contributed by atoms with Crippen LogP contribution in [-0.2, 0) is 16.1 Å².